The molecule has 1 aromatic heterocycles. The van der Waals surface area contributed by atoms with Gasteiger partial charge in [0, 0.05) is 6.07 Å². The van der Waals surface area contributed by atoms with Crippen LogP contribution in [0.2, 0.25) is 0 Å². The maximum atomic E-state index is 8.82. The largest absolute Gasteiger partial charge is 0.390 e. The summed E-state index contributed by atoms with van der Waals surface area (Å²) in [6, 6.07) is 1.86. The molecule has 0 amide bonds. The second-order valence-corrected chi connectivity index (χ2v) is 4.54. The van der Waals surface area contributed by atoms with Crippen LogP contribution in [0.4, 0.5) is 0 Å². The van der Waals surface area contributed by atoms with E-state index >= 15 is 0 Å². The maximum absolute atomic E-state index is 8.82. The van der Waals surface area contributed by atoms with E-state index < -0.39 is 0 Å². The highest BCUT2D eigenvalue weighted by molar-refractivity contribution is 7.99. The third kappa shape index (κ3) is 2.06. The summed E-state index contributed by atoms with van der Waals surface area (Å²) in [5.74, 6) is 2.13. The average molecular weight is 199 g/mol. The van der Waals surface area contributed by atoms with Gasteiger partial charge in [0.15, 0.2) is 0 Å². The Balaban J connectivity index is 2.05. The molecule has 1 aliphatic heterocycles. The van der Waals surface area contributed by atoms with Crippen LogP contribution in [0.1, 0.15) is 36.0 Å². The van der Waals surface area contributed by atoms with Gasteiger partial charge in [0.2, 0.25) is 0 Å². The van der Waals surface area contributed by atoms with Crippen molar-refractivity contribution in [2.24, 2.45) is 0 Å². The highest BCUT2D eigenvalue weighted by Gasteiger charge is 2.20. The van der Waals surface area contributed by atoms with Crippen molar-refractivity contribution < 1.29 is 9.63 Å². The lowest BCUT2D eigenvalue weighted by Gasteiger charge is -2.17. The Kier molecular flexibility index (Phi) is 2.90. The number of hydrogen-bond acceptors (Lipinski definition) is 4. The number of aliphatic hydroxyl groups is 1. The van der Waals surface area contributed by atoms with Crippen LogP contribution in [0.5, 0.6) is 0 Å². The molecule has 2 rings (SSSR count). The molecular formula is C9H13NO2S. The van der Waals surface area contributed by atoms with Crippen LogP contribution in [0.25, 0.3) is 0 Å². The Morgan fingerprint density at radius 1 is 1.62 bits per heavy atom. The zero-order valence-electron chi connectivity index (χ0n) is 7.40. The topological polar surface area (TPSA) is 46.3 Å². The third-order valence-corrected chi connectivity index (χ3v) is 3.63. The number of aromatic nitrogens is 1. The second-order valence-electron chi connectivity index (χ2n) is 3.23. The zero-order chi connectivity index (χ0) is 9.10. The molecule has 0 bridgehead atoms. The van der Waals surface area contributed by atoms with Gasteiger partial charge < -0.3 is 9.63 Å². The summed E-state index contributed by atoms with van der Waals surface area (Å²) in [5, 5.41) is 13.1. The van der Waals surface area contributed by atoms with Gasteiger partial charge in [-0.1, -0.05) is 11.6 Å². The minimum absolute atomic E-state index is 0.0269. The van der Waals surface area contributed by atoms with Crippen LogP contribution in [-0.2, 0) is 6.61 Å². The first kappa shape index (κ1) is 9.09. The van der Waals surface area contributed by atoms with Gasteiger partial charge >= 0.3 is 0 Å². The predicted molar refractivity (Wildman–Crippen MR) is 51.5 cm³/mol. The van der Waals surface area contributed by atoms with Crippen LogP contribution >= 0.6 is 11.8 Å². The van der Waals surface area contributed by atoms with Crippen LogP contribution in [-0.4, -0.2) is 16.0 Å². The quantitative estimate of drug-likeness (QED) is 0.792. The summed E-state index contributed by atoms with van der Waals surface area (Å²) >= 11 is 1.92. The van der Waals surface area contributed by atoms with Crippen molar-refractivity contribution in [2.45, 2.75) is 31.1 Å². The molecule has 13 heavy (non-hydrogen) atoms. The van der Waals surface area contributed by atoms with Gasteiger partial charge in [-0.05, 0) is 18.6 Å². The van der Waals surface area contributed by atoms with Gasteiger partial charge in [0.05, 0.1) is 11.9 Å². The normalized spacial score (nSPS) is 23.3. The third-order valence-electron chi connectivity index (χ3n) is 2.24. The van der Waals surface area contributed by atoms with E-state index in [2.05, 4.69) is 5.16 Å². The van der Waals surface area contributed by atoms with E-state index in [1.165, 1.54) is 25.0 Å². The molecule has 1 aromatic rings. The maximum Gasteiger partial charge on any atom is 0.150 e. The van der Waals surface area contributed by atoms with Crippen molar-refractivity contribution in [3.8, 4) is 0 Å². The molecule has 0 aliphatic carbocycles. The van der Waals surface area contributed by atoms with Gasteiger partial charge in [0.25, 0.3) is 0 Å². The molecule has 0 saturated carbocycles. The van der Waals surface area contributed by atoms with Gasteiger partial charge in [-0.2, -0.15) is 11.8 Å². The highest BCUT2D eigenvalue weighted by atomic mass is 32.2. The fourth-order valence-electron chi connectivity index (χ4n) is 1.52. The monoisotopic (exact) mass is 199 g/mol. The Morgan fingerprint density at radius 2 is 2.54 bits per heavy atom. The standard InChI is InChI=1S/C9H13NO2S/c11-6-7-5-8(12-10-7)9-3-1-2-4-13-9/h5,9,11H,1-4,6H2. The number of hydrogen-bond donors (Lipinski definition) is 1. The lowest BCUT2D eigenvalue weighted by Crippen LogP contribution is -2.00. The Morgan fingerprint density at radius 3 is 3.15 bits per heavy atom. The van der Waals surface area contributed by atoms with E-state index in [4.69, 9.17) is 9.63 Å². The lowest BCUT2D eigenvalue weighted by molar-refractivity contribution is 0.264. The van der Waals surface area contributed by atoms with Gasteiger partial charge in [-0.25, -0.2) is 0 Å². The van der Waals surface area contributed by atoms with Crippen LogP contribution in [0.3, 0.4) is 0 Å². The molecule has 72 valence electrons. The van der Waals surface area contributed by atoms with Crippen molar-refractivity contribution >= 4 is 11.8 Å². The fourth-order valence-corrected chi connectivity index (χ4v) is 2.78. The first-order chi connectivity index (χ1) is 6.40. The fraction of sp³-hybridized carbons (Fsp3) is 0.667. The minimum atomic E-state index is -0.0269. The zero-order valence-corrected chi connectivity index (χ0v) is 8.22. The van der Waals surface area contributed by atoms with Crippen molar-refractivity contribution in [1.82, 2.24) is 5.16 Å². The van der Waals surface area contributed by atoms with E-state index in [0.29, 0.717) is 10.9 Å². The summed E-state index contributed by atoms with van der Waals surface area (Å²) in [6.07, 6.45) is 3.75. The Hall–Kier alpha value is -0.480. The lowest BCUT2D eigenvalue weighted by atomic mass is 10.1. The summed E-state index contributed by atoms with van der Waals surface area (Å²) in [4.78, 5) is 0. The van der Waals surface area contributed by atoms with Gasteiger partial charge in [0.1, 0.15) is 11.5 Å². The summed E-state index contributed by atoms with van der Waals surface area (Å²) in [6.45, 7) is -0.0269. The number of aliphatic hydroxyl groups excluding tert-OH is 1. The van der Waals surface area contributed by atoms with E-state index in [1.807, 2.05) is 17.8 Å². The minimum Gasteiger partial charge on any atom is -0.390 e. The van der Waals surface area contributed by atoms with Crippen molar-refractivity contribution in [2.75, 3.05) is 5.75 Å². The molecule has 1 unspecified atom stereocenters. The Bertz CT molecular complexity index is 268. The molecule has 2 heterocycles. The van der Waals surface area contributed by atoms with Crippen LogP contribution < -0.4 is 0 Å². The Labute approximate surface area is 81.5 Å². The van der Waals surface area contributed by atoms with Gasteiger partial charge in [-0.15, -0.1) is 0 Å². The summed E-state index contributed by atoms with van der Waals surface area (Å²) in [7, 11) is 0. The molecule has 1 N–H and O–H groups in total. The number of thioether (sulfide) groups is 1. The molecule has 0 spiro atoms. The molecule has 1 atom stereocenters. The van der Waals surface area contributed by atoms with Gasteiger partial charge in [-0.3, -0.25) is 0 Å². The van der Waals surface area contributed by atoms with E-state index in [0.717, 1.165) is 5.76 Å². The van der Waals surface area contributed by atoms with E-state index in [1.54, 1.807) is 0 Å². The van der Waals surface area contributed by atoms with Crippen molar-refractivity contribution in [3.05, 3.63) is 17.5 Å². The molecule has 0 radical (unpaired) electrons. The molecule has 1 saturated heterocycles. The molecule has 3 nitrogen and oxygen atoms in total. The summed E-state index contributed by atoms with van der Waals surface area (Å²) in [5.41, 5.74) is 0.640. The first-order valence-electron chi connectivity index (χ1n) is 4.58. The smallest absolute Gasteiger partial charge is 0.150 e. The molecule has 0 aromatic carbocycles. The molecule has 1 aliphatic rings. The SMILES string of the molecule is OCc1cc(C2CCCCS2)on1. The van der Waals surface area contributed by atoms with E-state index in [-0.39, 0.29) is 6.61 Å². The van der Waals surface area contributed by atoms with Crippen molar-refractivity contribution in [3.63, 3.8) is 0 Å². The molecule has 1 fully saturated rings. The first-order valence-corrected chi connectivity index (χ1v) is 5.63. The molecular weight excluding hydrogens is 186 g/mol. The van der Waals surface area contributed by atoms with Crippen LogP contribution in [0.15, 0.2) is 10.6 Å². The molecule has 4 heteroatoms. The highest BCUT2D eigenvalue weighted by Crippen LogP contribution is 2.38. The van der Waals surface area contributed by atoms with Crippen LogP contribution in [0, 0.1) is 0 Å². The second kappa shape index (κ2) is 4.15. The number of nitrogens with zero attached hydrogens (tertiary/aromatic N) is 1. The predicted octanol–water partition coefficient (Wildman–Crippen LogP) is 2.13. The van der Waals surface area contributed by atoms with E-state index in [9.17, 15) is 0 Å². The van der Waals surface area contributed by atoms with Crippen molar-refractivity contribution in [1.29, 1.82) is 0 Å². The summed E-state index contributed by atoms with van der Waals surface area (Å²) < 4.78 is 5.16. The number of rotatable bonds is 2. The average Bonchev–Trinajstić information content (AvgIpc) is 2.67.